The molecule has 0 aliphatic heterocycles. The second kappa shape index (κ2) is 1.10. The van der Waals surface area contributed by atoms with Crippen LogP contribution >= 0.6 is 0 Å². The Hall–Kier alpha value is -0.300. The lowest BCUT2D eigenvalue weighted by atomic mass is 9.81. The smallest absolute Gasteiger partial charge is 0.0859 e. The molecule has 40 valence electrons. The molecule has 2 atom stereocenters. The molecule has 1 aliphatic rings. The first kappa shape index (κ1) is 4.85. The van der Waals surface area contributed by atoms with Crippen molar-refractivity contribution in [1.29, 1.82) is 0 Å². The summed E-state index contributed by atoms with van der Waals surface area (Å²) in [6, 6.07) is 0. The molecule has 1 aliphatic carbocycles. The average molecular weight is 98.1 g/mol. The van der Waals surface area contributed by atoms with Crippen LogP contribution in [0.3, 0.4) is 0 Å². The SMILES string of the molecule is CC1C=CC1(C)O. The van der Waals surface area contributed by atoms with Crippen LogP contribution < -0.4 is 0 Å². The van der Waals surface area contributed by atoms with Gasteiger partial charge in [-0.25, -0.2) is 0 Å². The Balaban J connectivity index is 2.64. The molecular weight excluding hydrogens is 88.1 g/mol. The second-order valence-corrected chi connectivity index (χ2v) is 2.37. The van der Waals surface area contributed by atoms with Crippen molar-refractivity contribution in [3.63, 3.8) is 0 Å². The van der Waals surface area contributed by atoms with E-state index in [-0.39, 0.29) is 0 Å². The summed E-state index contributed by atoms with van der Waals surface area (Å²) in [5.41, 5.74) is -0.500. The Kier molecular flexibility index (Phi) is 0.762. The van der Waals surface area contributed by atoms with Crippen LogP contribution in [0.25, 0.3) is 0 Å². The summed E-state index contributed by atoms with van der Waals surface area (Å²) in [4.78, 5) is 0. The largest absolute Gasteiger partial charge is 0.385 e. The molecule has 1 heteroatoms. The minimum atomic E-state index is -0.500. The van der Waals surface area contributed by atoms with E-state index in [1.54, 1.807) is 0 Å². The zero-order chi connectivity index (χ0) is 5.49. The van der Waals surface area contributed by atoms with Gasteiger partial charge in [0.15, 0.2) is 0 Å². The van der Waals surface area contributed by atoms with Crippen LogP contribution in [0.5, 0.6) is 0 Å². The number of hydrogen-bond donors (Lipinski definition) is 1. The molecule has 0 bridgehead atoms. The van der Waals surface area contributed by atoms with E-state index in [0.29, 0.717) is 5.92 Å². The highest BCUT2D eigenvalue weighted by Gasteiger charge is 2.29. The van der Waals surface area contributed by atoms with Gasteiger partial charge in [0.05, 0.1) is 5.60 Å². The normalized spacial score (nSPS) is 48.7. The van der Waals surface area contributed by atoms with Gasteiger partial charge < -0.3 is 5.11 Å². The molecule has 2 unspecified atom stereocenters. The lowest BCUT2D eigenvalue weighted by molar-refractivity contribution is 0.0530. The molecule has 0 aromatic heterocycles. The van der Waals surface area contributed by atoms with Gasteiger partial charge in [0, 0.05) is 5.92 Å². The summed E-state index contributed by atoms with van der Waals surface area (Å²) in [7, 11) is 0. The Labute approximate surface area is 43.7 Å². The number of hydrogen-bond acceptors (Lipinski definition) is 1. The quantitative estimate of drug-likeness (QED) is 0.447. The minimum absolute atomic E-state index is 0.354. The van der Waals surface area contributed by atoms with Crippen molar-refractivity contribution in [2.24, 2.45) is 5.92 Å². The Morgan fingerprint density at radius 2 is 2.14 bits per heavy atom. The van der Waals surface area contributed by atoms with Crippen molar-refractivity contribution >= 4 is 0 Å². The molecule has 0 aromatic rings. The molecular formula is C6H10O. The van der Waals surface area contributed by atoms with Crippen molar-refractivity contribution in [2.45, 2.75) is 19.4 Å². The van der Waals surface area contributed by atoms with Crippen LogP contribution in [0, 0.1) is 5.92 Å². The molecule has 0 radical (unpaired) electrons. The molecule has 0 aromatic carbocycles. The lowest BCUT2D eigenvalue weighted by Crippen LogP contribution is -2.35. The third-order valence-electron chi connectivity index (χ3n) is 1.64. The summed E-state index contributed by atoms with van der Waals surface area (Å²) in [5.74, 6) is 0.354. The van der Waals surface area contributed by atoms with E-state index in [4.69, 9.17) is 5.11 Å². The summed E-state index contributed by atoms with van der Waals surface area (Å²) in [6.45, 7) is 3.82. The van der Waals surface area contributed by atoms with Crippen LogP contribution in [-0.4, -0.2) is 10.7 Å². The van der Waals surface area contributed by atoms with Crippen LogP contribution in [0.15, 0.2) is 12.2 Å². The Morgan fingerprint density at radius 1 is 1.71 bits per heavy atom. The van der Waals surface area contributed by atoms with Crippen LogP contribution in [0.4, 0.5) is 0 Å². The summed E-state index contributed by atoms with van der Waals surface area (Å²) >= 11 is 0. The fraction of sp³-hybridized carbons (Fsp3) is 0.667. The zero-order valence-corrected chi connectivity index (χ0v) is 4.68. The minimum Gasteiger partial charge on any atom is -0.385 e. The fourth-order valence-electron chi connectivity index (χ4n) is 0.567. The topological polar surface area (TPSA) is 20.2 Å². The standard InChI is InChI=1S/C6H10O/c1-5-3-4-6(5,2)7/h3-5,7H,1-2H3. The first-order valence-electron chi connectivity index (χ1n) is 2.54. The molecule has 1 N–H and O–H groups in total. The lowest BCUT2D eigenvalue weighted by Gasteiger charge is -2.32. The maximum atomic E-state index is 9.09. The summed E-state index contributed by atoms with van der Waals surface area (Å²) in [5, 5.41) is 9.09. The fourth-order valence-corrected chi connectivity index (χ4v) is 0.567. The van der Waals surface area contributed by atoms with Gasteiger partial charge in [0.25, 0.3) is 0 Å². The van der Waals surface area contributed by atoms with Crippen molar-refractivity contribution in [2.75, 3.05) is 0 Å². The third-order valence-corrected chi connectivity index (χ3v) is 1.64. The highest BCUT2D eigenvalue weighted by Crippen LogP contribution is 2.28. The van der Waals surface area contributed by atoms with E-state index in [9.17, 15) is 0 Å². The van der Waals surface area contributed by atoms with E-state index in [2.05, 4.69) is 0 Å². The molecule has 1 rings (SSSR count). The molecule has 0 amide bonds. The molecule has 1 nitrogen and oxygen atoms in total. The van der Waals surface area contributed by atoms with Gasteiger partial charge in [0.1, 0.15) is 0 Å². The average Bonchev–Trinajstić information content (AvgIpc) is 1.63. The van der Waals surface area contributed by atoms with E-state index >= 15 is 0 Å². The van der Waals surface area contributed by atoms with Gasteiger partial charge in [-0.2, -0.15) is 0 Å². The van der Waals surface area contributed by atoms with E-state index in [1.807, 2.05) is 26.0 Å². The zero-order valence-electron chi connectivity index (χ0n) is 4.68. The van der Waals surface area contributed by atoms with Gasteiger partial charge in [0.2, 0.25) is 0 Å². The summed E-state index contributed by atoms with van der Waals surface area (Å²) in [6.07, 6.45) is 3.82. The first-order chi connectivity index (χ1) is 3.13. The third kappa shape index (κ3) is 0.570. The van der Waals surface area contributed by atoms with Crippen LogP contribution in [0.1, 0.15) is 13.8 Å². The van der Waals surface area contributed by atoms with E-state index in [1.165, 1.54) is 0 Å². The van der Waals surface area contributed by atoms with Gasteiger partial charge in [-0.15, -0.1) is 0 Å². The van der Waals surface area contributed by atoms with E-state index < -0.39 is 5.60 Å². The highest BCUT2D eigenvalue weighted by molar-refractivity contribution is 5.16. The van der Waals surface area contributed by atoms with Crippen molar-refractivity contribution in [3.8, 4) is 0 Å². The molecule has 0 fully saturated rings. The van der Waals surface area contributed by atoms with Gasteiger partial charge in [-0.1, -0.05) is 19.1 Å². The molecule has 0 heterocycles. The Morgan fingerprint density at radius 3 is 2.14 bits per heavy atom. The van der Waals surface area contributed by atoms with Crippen molar-refractivity contribution in [1.82, 2.24) is 0 Å². The molecule has 0 spiro atoms. The molecule has 0 saturated heterocycles. The predicted octanol–water partition coefficient (Wildman–Crippen LogP) is 0.943. The maximum Gasteiger partial charge on any atom is 0.0859 e. The van der Waals surface area contributed by atoms with Crippen LogP contribution in [0.2, 0.25) is 0 Å². The molecule has 7 heavy (non-hydrogen) atoms. The van der Waals surface area contributed by atoms with Crippen molar-refractivity contribution in [3.05, 3.63) is 12.2 Å². The van der Waals surface area contributed by atoms with Gasteiger partial charge in [-0.05, 0) is 6.92 Å². The molecule has 0 saturated carbocycles. The maximum absolute atomic E-state index is 9.09. The number of aliphatic hydroxyl groups is 1. The predicted molar refractivity (Wildman–Crippen MR) is 28.9 cm³/mol. The number of rotatable bonds is 0. The van der Waals surface area contributed by atoms with Crippen LogP contribution in [-0.2, 0) is 0 Å². The van der Waals surface area contributed by atoms with Crippen molar-refractivity contribution < 1.29 is 5.11 Å². The van der Waals surface area contributed by atoms with E-state index in [0.717, 1.165) is 0 Å². The second-order valence-electron chi connectivity index (χ2n) is 2.37. The van der Waals surface area contributed by atoms with Gasteiger partial charge in [-0.3, -0.25) is 0 Å². The monoisotopic (exact) mass is 98.1 g/mol. The highest BCUT2D eigenvalue weighted by atomic mass is 16.3. The Bertz CT molecular complexity index is 103. The summed E-state index contributed by atoms with van der Waals surface area (Å²) < 4.78 is 0. The van der Waals surface area contributed by atoms with Gasteiger partial charge >= 0.3 is 0 Å². The first-order valence-corrected chi connectivity index (χ1v) is 2.54.